The number of rotatable bonds is 6. The summed E-state index contributed by atoms with van der Waals surface area (Å²) in [7, 11) is 0. The van der Waals surface area contributed by atoms with Crippen LogP contribution in [0.3, 0.4) is 0 Å². The Labute approximate surface area is 160 Å². The Morgan fingerprint density at radius 2 is 1.83 bits per heavy atom. The van der Waals surface area contributed by atoms with Gasteiger partial charge in [0.1, 0.15) is 4.32 Å². The summed E-state index contributed by atoms with van der Waals surface area (Å²) in [6, 6.07) is 6.80. The van der Waals surface area contributed by atoms with Crippen LogP contribution in [0.15, 0.2) is 24.3 Å². The molecule has 5 nitrogen and oxygen atoms in total. The summed E-state index contributed by atoms with van der Waals surface area (Å²) in [5.41, 5.74) is 0.646. The number of halogens is 1. The van der Waals surface area contributed by atoms with Crippen molar-refractivity contribution < 1.29 is 9.59 Å². The van der Waals surface area contributed by atoms with Crippen LogP contribution >= 0.6 is 46.6 Å². The number of urea groups is 1. The van der Waals surface area contributed by atoms with Crippen molar-refractivity contribution >= 4 is 68.5 Å². The van der Waals surface area contributed by atoms with Gasteiger partial charge in [0.25, 0.3) is 0 Å². The Morgan fingerprint density at radius 3 is 2.39 bits per heavy atom. The molecule has 0 atom stereocenters. The molecule has 0 fully saturated rings. The topological polar surface area (TPSA) is 61.4 Å². The van der Waals surface area contributed by atoms with Crippen LogP contribution in [-0.4, -0.2) is 40.0 Å². The number of nitrogens with one attached hydrogen (secondary N) is 2. The van der Waals surface area contributed by atoms with Crippen molar-refractivity contribution in [2.75, 3.05) is 24.2 Å². The van der Waals surface area contributed by atoms with Crippen LogP contribution in [0.2, 0.25) is 0 Å². The molecule has 0 radical (unpaired) electrons. The molecule has 2 N–H and O–H groups in total. The normalized spacial score (nSPS) is 10.0. The van der Waals surface area contributed by atoms with Crippen molar-refractivity contribution in [3.05, 3.63) is 27.8 Å². The Kier molecular flexibility index (Phi) is 9.49. The van der Waals surface area contributed by atoms with Crippen molar-refractivity contribution in [3.63, 3.8) is 0 Å². The van der Waals surface area contributed by atoms with Gasteiger partial charge in [-0.2, -0.15) is 0 Å². The lowest BCUT2D eigenvalue weighted by molar-refractivity contribution is -0.119. The van der Waals surface area contributed by atoms with Crippen LogP contribution in [0.4, 0.5) is 10.5 Å². The molecule has 0 bridgehead atoms. The number of imide groups is 1. The quantitative estimate of drug-likeness (QED) is 0.496. The number of hydrogen-bond donors (Lipinski definition) is 2. The fraction of sp³-hybridized carbons (Fsp3) is 0.400. The van der Waals surface area contributed by atoms with Crippen LogP contribution in [0.25, 0.3) is 0 Å². The molecule has 1 aromatic rings. The smallest absolute Gasteiger partial charge is 0.325 e. The maximum atomic E-state index is 11.7. The third kappa shape index (κ3) is 7.98. The third-order valence-electron chi connectivity index (χ3n) is 2.93. The average Bonchev–Trinajstić information content (AvgIpc) is 2.50. The molecule has 0 heterocycles. The monoisotopic (exact) mass is 465 g/mol. The van der Waals surface area contributed by atoms with Crippen molar-refractivity contribution in [2.24, 2.45) is 0 Å². The second-order valence-electron chi connectivity index (χ2n) is 4.55. The van der Waals surface area contributed by atoms with Gasteiger partial charge in [-0.25, -0.2) is 4.79 Å². The lowest BCUT2D eigenvalue weighted by Crippen LogP contribution is -2.34. The fourth-order valence-corrected chi connectivity index (χ4v) is 3.46. The SMILES string of the molecule is CCN(CC)C(=S)SCCC(=O)NC(=O)Nc1ccc(I)cc1. The van der Waals surface area contributed by atoms with Crippen LogP contribution in [0, 0.1) is 3.57 Å². The van der Waals surface area contributed by atoms with Crippen molar-refractivity contribution in [1.29, 1.82) is 0 Å². The van der Waals surface area contributed by atoms with Gasteiger partial charge in [-0.1, -0.05) is 24.0 Å². The van der Waals surface area contributed by atoms with Crippen LogP contribution in [0.1, 0.15) is 20.3 Å². The standard InChI is InChI=1S/C15H20IN3O2S2/c1-3-19(4-2)15(22)23-10-9-13(20)18-14(21)17-12-7-5-11(16)6-8-12/h5-8H,3-4,9-10H2,1-2H3,(H2,17,18,20,21). The highest BCUT2D eigenvalue weighted by Crippen LogP contribution is 2.12. The van der Waals surface area contributed by atoms with Gasteiger partial charge in [0.15, 0.2) is 0 Å². The summed E-state index contributed by atoms with van der Waals surface area (Å²) in [5.74, 6) is 0.237. The van der Waals surface area contributed by atoms with Gasteiger partial charge in [-0.05, 0) is 60.7 Å². The predicted octanol–water partition coefficient (Wildman–Crippen LogP) is 3.69. The van der Waals surface area contributed by atoms with E-state index in [4.69, 9.17) is 12.2 Å². The first-order valence-electron chi connectivity index (χ1n) is 7.24. The van der Waals surface area contributed by atoms with Crippen molar-refractivity contribution in [3.8, 4) is 0 Å². The lowest BCUT2D eigenvalue weighted by atomic mass is 10.3. The predicted molar refractivity (Wildman–Crippen MR) is 109 cm³/mol. The third-order valence-corrected chi connectivity index (χ3v) is 5.18. The molecule has 0 unspecified atom stereocenters. The molecule has 0 spiro atoms. The van der Waals surface area contributed by atoms with Gasteiger partial charge < -0.3 is 10.2 Å². The lowest BCUT2D eigenvalue weighted by Gasteiger charge is -2.20. The number of amides is 3. The van der Waals surface area contributed by atoms with Gasteiger partial charge in [-0.15, -0.1) is 0 Å². The first-order chi connectivity index (χ1) is 11.0. The minimum Gasteiger partial charge on any atom is -0.358 e. The number of thioether (sulfide) groups is 1. The zero-order chi connectivity index (χ0) is 17.2. The first-order valence-corrected chi connectivity index (χ1v) is 9.71. The number of anilines is 1. The fourth-order valence-electron chi connectivity index (χ4n) is 1.69. The van der Waals surface area contributed by atoms with Crippen LogP contribution < -0.4 is 10.6 Å². The molecule has 0 aliphatic heterocycles. The minimum absolute atomic E-state index is 0.242. The minimum atomic E-state index is -0.521. The molecule has 8 heteroatoms. The molecule has 0 saturated carbocycles. The molecule has 0 aliphatic rings. The van der Waals surface area contributed by atoms with Crippen LogP contribution in [0.5, 0.6) is 0 Å². The Morgan fingerprint density at radius 1 is 1.22 bits per heavy atom. The molecule has 1 aromatic carbocycles. The second-order valence-corrected chi connectivity index (χ2v) is 7.52. The van der Waals surface area contributed by atoms with E-state index in [0.29, 0.717) is 11.4 Å². The highest BCUT2D eigenvalue weighted by atomic mass is 127. The number of carbonyl (C=O) groups excluding carboxylic acids is 2. The van der Waals surface area contributed by atoms with Gasteiger partial charge in [0.05, 0.1) is 0 Å². The largest absolute Gasteiger partial charge is 0.358 e. The van der Waals surface area contributed by atoms with E-state index in [0.717, 1.165) is 21.0 Å². The maximum Gasteiger partial charge on any atom is 0.325 e. The summed E-state index contributed by atoms with van der Waals surface area (Å²) in [6.07, 6.45) is 0.242. The van der Waals surface area contributed by atoms with E-state index < -0.39 is 6.03 Å². The number of thiocarbonyl (C=S) groups is 1. The zero-order valence-corrected chi connectivity index (χ0v) is 16.9. The van der Waals surface area contributed by atoms with Gasteiger partial charge in [-0.3, -0.25) is 10.1 Å². The number of carbonyl (C=O) groups is 2. The van der Waals surface area contributed by atoms with E-state index in [1.165, 1.54) is 11.8 Å². The summed E-state index contributed by atoms with van der Waals surface area (Å²) >= 11 is 8.93. The summed E-state index contributed by atoms with van der Waals surface area (Å²) in [6.45, 7) is 5.79. The molecule has 0 saturated heterocycles. The Balaban J connectivity index is 2.29. The van der Waals surface area contributed by atoms with Crippen LogP contribution in [-0.2, 0) is 4.79 Å². The van der Waals surface area contributed by atoms with E-state index in [1.54, 1.807) is 12.1 Å². The van der Waals surface area contributed by atoms with E-state index in [1.807, 2.05) is 26.0 Å². The molecule has 1 rings (SSSR count). The van der Waals surface area contributed by atoms with E-state index in [2.05, 4.69) is 38.1 Å². The molecular weight excluding hydrogens is 445 g/mol. The maximum absolute atomic E-state index is 11.7. The van der Waals surface area contributed by atoms with Gasteiger partial charge in [0, 0.05) is 34.5 Å². The molecule has 0 aromatic heterocycles. The highest BCUT2D eigenvalue weighted by molar-refractivity contribution is 14.1. The number of nitrogens with zero attached hydrogens (tertiary/aromatic N) is 1. The Hall–Kier alpha value is -0.870. The molecule has 3 amide bonds. The van der Waals surface area contributed by atoms with E-state index in [-0.39, 0.29) is 12.3 Å². The number of benzene rings is 1. The molecule has 126 valence electrons. The molecule has 23 heavy (non-hydrogen) atoms. The van der Waals surface area contributed by atoms with E-state index >= 15 is 0 Å². The second kappa shape index (κ2) is 10.8. The summed E-state index contributed by atoms with van der Waals surface area (Å²) in [4.78, 5) is 25.5. The van der Waals surface area contributed by atoms with Gasteiger partial charge in [0.2, 0.25) is 5.91 Å². The number of hydrogen-bond acceptors (Lipinski definition) is 4. The van der Waals surface area contributed by atoms with Crippen molar-refractivity contribution in [1.82, 2.24) is 10.2 Å². The van der Waals surface area contributed by atoms with E-state index in [9.17, 15) is 9.59 Å². The Bertz CT molecular complexity index is 548. The van der Waals surface area contributed by atoms with Gasteiger partial charge >= 0.3 is 6.03 Å². The summed E-state index contributed by atoms with van der Waals surface area (Å²) < 4.78 is 1.86. The summed E-state index contributed by atoms with van der Waals surface area (Å²) in [5, 5.41) is 4.93. The zero-order valence-electron chi connectivity index (χ0n) is 13.1. The average molecular weight is 465 g/mol. The van der Waals surface area contributed by atoms with Crippen molar-refractivity contribution in [2.45, 2.75) is 20.3 Å². The first kappa shape index (κ1) is 20.2. The highest BCUT2D eigenvalue weighted by Gasteiger charge is 2.10. The molecular formula is C15H20IN3O2S2. The molecule has 0 aliphatic carbocycles.